The quantitative estimate of drug-likeness (QED) is 0.213. The van der Waals surface area contributed by atoms with Crippen LogP contribution in [-0.4, -0.2) is 13.0 Å². The molecule has 0 atom stereocenters. The Labute approximate surface area is 242 Å². The standard InChI is InChI=1S/C26H38O5S.K/c1-2-3-4-5-6-7-8-9-10-11-12-13-15-22-18-23(27)20-25(19-22)31-24-16-14-17-26(21-24)32(28,29)30;/h14,16-21,27H,2-13,15H2,1H3,(H,28,29,30);/q;+1/p-1. The van der Waals surface area contributed by atoms with Crippen LogP contribution in [0.25, 0.3) is 0 Å². The van der Waals surface area contributed by atoms with Gasteiger partial charge in [0.25, 0.3) is 10.1 Å². The first-order chi connectivity index (χ1) is 15.4. The molecule has 7 heteroatoms. The summed E-state index contributed by atoms with van der Waals surface area (Å²) >= 11 is 0. The smallest absolute Gasteiger partial charge is 0.872 e. The van der Waals surface area contributed by atoms with Gasteiger partial charge in [-0.3, -0.25) is 4.55 Å². The molecule has 0 radical (unpaired) electrons. The monoisotopic (exact) mass is 500 g/mol. The molecule has 0 amide bonds. The Morgan fingerprint density at radius 1 is 0.788 bits per heavy atom. The van der Waals surface area contributed by atoms with E-state index in [0.29, 0.717) is 5.75 Å². The number of ether oxygens (including phenoxy) is 1. The average Bonchev–Trinajstić information content (AvgIpc) is 2.74. The van der Waals surface area contributed by atoms with Gasteiger partial charge in [0.05, 0.1) is 4.90 Å². The van der Waals surface area contributed by atoms with Crippen molar-refractivity contribution in [3.8, 4) is 17.2 Å². The molecule has 1 N–H and O–H groups in total. The molecule has 5 nitrogen and oxygen atoms in total. The summed E-state index contributed by atoms with van der Waals surface area (Å²) in [6.45, 7) is 2.25. The maximum Gasteiger partial charge on any atom is 1.00 e. The van der Waals surface area contributed by atoms with Crippen molar-refractivity contribution >= 4 is 10.1 Å². The summed E-state index contributed by atoms with van der Waals surface area (Å²) in [5, 5.41) is 12.0. The molecule has 0 fully saturated rings. The molecule has 0 saturated carbocycles. The van der Waals surface area contributed by atoms with E-state index < -0.39 is 10.1 Å². The average molecular weight is 501 g/mol. The first-order valence-electron chi connectivity index (χ1n) is 11.9. The third kappa shape index (κ3) is 13.3. The van der Waals surface area contributed by atoms with Gasteiger partial charge < -0.3 is 9.84 Å². The van der Waals surface area contributed by atoms with E-state index in [1.54, 1.807) is 12.1 Å². The summed E-state index contributed by atoms with van der Waals surface area (Å²) in [5.41, 5.74) is 0.922. The first-order valence-corrected chi connectivity index (χ1v) is 13.4. The van der Waals surface area contributed by atoms with Crippen LogP contribution in [0.3, 0.4) is 0 Å². The van der Waals surface area contributed by atoms with Gasteiger partial charge in [0, 0.05) is 6.07 Å². The van der Waals surface area contributed by atoms with E-state index in [-0.39, 0.29) is 67.8 Å². The van der Waals surface area contributed by atoms with Crippen molar-refractivity contribution in [1.29, 1.82) is 0 Å². The van der Waals surface area contributed by atoms with Gasteiger partial charge in [0.2, 0.25) is 0 Å². The Morgan fingerprint density at radius 3 is 1.94 bits per heavy atom. The van der Waals surface area contributed by atoms with E-state index in [1.165, 1.54) is 88.5 Å². The predicted octanol–water partition coefficient (Wildman–Crippen LogP) is 4.05. The molecule has 0 aliphatic carbocycles. The fraction of sp³-hybridized carbons (Fsp3) is 0.538. The van der Waals surface area contributed by atoms with Gasteiger partial charge in [-0.2, -0.15) is 8.42 Å². The fourth-order valence-corrected chi connectivity index (χ4v) is 4.35. The molecule has 0 aliphatic heterocycles. The number of aryl methyl sites for hydroxylation is 1. The second-order valence-corrected chi connectivity index (χ2v) is 9.93. The third-order valence-electron chi connectivity index (χ3n) is 5.60. The fourth-order valence-electron chi connectivity index (χ4n) is 3.84. The zero-order valence-electron chi connectivity index (χ0n) is 20.2. The van der Waals surface area contributed by atoms with Crippen molar-refractivity contribution in [2.24, 2.45) is 0 Å². The predicted molar refractivity (Wildman–Crippen MR) is 127 cm³/mol. The van der Waals surface area contributed by atoms with Gasteiger partial charge in [0.15, 0.2) is 0 Å². The number of benzene rings is 2. The number of rotatable bonds is 16. The molecule has 2 rings (SSSR count). The van der Waals surface area contributed by atoms with Gasteiger partial charge in [0.1, 0.15) is 11.5 Å². The number of unbranched alkanes of at least 4 members (excludes halogenated alkanes) is 11. The largest absolute Gasteiger partial charge is 1.00 e. The van der Waals surface area contributed by atoms with Crippen LogP contribution in [0.15, 0.2) is 47.4 Å². The molecule has 33 heavy (non-hydrogen) atoms. The van der Waals surface area contributed by atoms with E-state index in [2.05, 4.69) is 6.92 Å². The maximum absolute atomic E-state index is 12.0. The molecule has 0 aromatic heterocycles. The van der Waals surface area contributed by atoms with Gasteiger partial charge in [-0.15, -0.1) is 5.75 Å². The van der Waals surface area contributed by atoms with Crippen molar-refractivity contribution in [2.75, 3.05) is 0 Å². The molecular weight excluding hydrogens is 463 g/mol. The van der Waals surface area contributed by atoms with E-state index in [1.807, 2.05) is 6.07 Å². The van der Waals surface area contributed by atoms with Gasteiger partial charge in [-0.1, -0.05) is 89.7 Å². The minimum Gasteiger partial charge on any atom is -0.872 e. The summed E-state index contributed by atoms with van der Waals surface area (Å²) in [5.74, 6) is 0.489. The molecule has 178 valence electrons. The van der Waals surface area contributed by atoms with Crippen LogP contribution < -0.4 is 61.2 Å². The molecule has 2 aromatic rings. The maximum atomic E-state index is 12.0. The Morgan fingerprint density at radius 2 is 1.36 bits per heavy atom. The second kappa shape index (κ2) is 17.1. The van der Waals surface area contributed by atoms with Crippen molar-refractivity contribution in [1.82, 2.24) is 0 Å². The van der Waals surface area contributed by atoms with Crippen LogP contribution >= 0.6 is 0 Å². The molecule has 0 spiro atoms. The van der Waals surface area contributed by atoms with Crippen LogP contribution in [0.2, 0.25) is 0 Å². The molecule has 0 saturated heterocycles. The van der Waals surface area contributed by atoms with Crippen molar-refractivity contribution in [3.05, 3.63) is 48.0 Å². The van der Waals surface area contributed by atoms with E-state index in [0.717, 1.165) is 24.8 Å². The topological polar surface area (TPSA) is 86.7 Å². The summed E-state index contributed by atoms with van der Waals surface area (Å²) in [6.07, 6.45) is 16.3. The second-order valence-electron chi connectivity index (χ2n) is 8.50. The van der Waals surface area contributed by atoms with Crippen LogP contribution in [0, 0.1) is 0 Å². The van der Waals surface area contributed by atoms with Crippen molar-refractivity contribution in [3.63, 3.8) is 0 Å². The molecule has 2 aromatic carbocycles. The minimum atomic E-state index is -4.31. The number of hydrogen-bond acceptors (Lipinski definition) is 4. The molecule has 0 unspecified atom stereocenters. The van der Waals surface area contributed by atoms with Crippen LogP contribution in [0.4, 0.5) is 0 Å². The summed E-state index contributed by atoms with van der Waals surface area (Å²) in [4.78, 5) is -0.245. The third-order valence-corrected chi connectivity index (χ3v) is 6.45. The molecule has 0 heterocycles. The Hall–Kier alpha value is -0.414. The zero-order valence-corrected chi connectivity index (χ0v) is 24.2. The summed E-state index contributed by atoms with van der Waals surface area (Å²) < 4.78 is 37.4. The molecule has 0 bridgehead atoms. The van der Waals surface area contributed by atoms with Gasteiger partial charge in [-0.05, 0) is 42.7 Å². The van der Waals surface area contributed by atoms with Crippen molar-refractivity contribution < 1.29 is 74.2 Å². The Bertz CT molecular complexity index is 915. The Balaban J connectivity index is 0.00000544. The van der Waals surface area contributed by atoms with Crippen molar-refractivity contribution in [2.45, 2.75) is 95.3 Å². The zero-order chi connectivity index (χ0) is 23.2. The van der Waals surface area contributed by atoms with E-state index in [9.17, 15) is 18.1 Å². The molecular formula is C26H37KO5S. The van der Waals surface area contributed by atoms with Gasteiger partial charge in [-0.25, -0.2) is 0 Å². The van der Waals surface area contributed by atoms with Crippen LogP contribution in [0.5, 0.6) is 17.2 Å². The van der Waals surface area contributed by atoms with E-state index >= 15 is 0 Å². The Kier molecular flexibility index (Phi) is 15.9. The first kappa shape index (κ1) is 30.6. The summed E-state index contributed by atoms with van der Waals surface area (Å²) in [7, 11) is -4.31. The van der Waals surface area contributed by atoms with Crippen LogP contribution in [0.1, 0.15) is 89.5 Å². The summed E-state index contributed by atoms with van der Waals surface area (Å²) in [6, 6.07) is 10.4. The number of hydrogen-bond donors (Lipinski definition) is 1. The van der Waals surface area contributed by atoms with E-state index in [4.69, 9.17) is 4.74 Å². The van der Waals surface area contributed by atoms with Gasteiger partial charge >= 0.3 is 51.4 Å². The molecule has 0 aliphatic rings. The van der Waals surface area contributed by atoms with Crippen LogP contribution in [-0.2, 0) is 16.5 Å². The normalized spacial score (nSPS) is 11.2. The minimum absolute atomic E-state index is 0. The SMILES string of the molecule is CCCCCCCCCCCCCCc1cc([O-])cc(Oc2cccc(S(=O)(=O)O)c2)c1.[K+].